The van der Waals surface area contributed by atoms with Gasteiger partial charge in [0.05, 0.1) is 11.4 Å². The molecule has 5 heteroatoms. The Balaban J connectivity index is 2.03. The molecule has 2 rings (SSSR count). The topological polar surface area (TPSA) is 53.4 Å². The van der Waals surface area contributed by atoms with Crippen molar-refractivity contribution >= 4 is 17.3 Å². The summed E-state index contributed by atoms with van der Waals surface area (Å²) in [4.78, 5) is 18.0. The van der Waals surface area contributed by atoms with Gasteiger partial charge in [-0.2, -0.15) is 0 Å². The lowest BCUT2D eigenvalue weighted by Crippen LogP contribution is -2.13. The number of likely N-dealkylation sites (N-methyl/N-ethyl adjacent to an activating group) is 1. The summed E-state index contributed by atoms with van der Waals surface area (Å²) in [5.41, 5.74) is 0. The Hall–Kier alpha value is -0.940. The number of aliphatic carboxylic acids is 1. The third-order valence-corrected chi connectivity index (χ3v) is 3.80. The van der Waals surface area contributed by atoms with E-state index in [4.69, 9.17) is 5.11 Å². The minimum absolute atomic E-state index is 0.0974. The molecule has 1 aliphatic rings. The van der Waals surface area contributed by atoms with Crippen molar-refractivity contribution in [1.82, 2.24) is 9.88 Å². The predicted molar refractivity (Wildman–Crippen MR) is 58.3 cm³/mol. The molecule has 82 valence electrons. The van der Waals surface area contributed by atoms with Gasteiger partial charge in [0.15, 0.2) is 0 Å². The van der Waals surface area contributed by atoms with Gasteiger partial charge in [0.25, 0.3) is 0 Å². The monoisotopic (exact) mass is 226 g/mol. The van der Waals surface area contributed by atoms with Gasteiger partial charge >= 0.3 is 5.97 Å². The summed E-state index contributed by atoms with van der Waals surface area (Å²) >= 11 is 1.54. The van der Waals surface area contributed by atoms with Crippen LogP contribution in [-0.4, -0.2) is 41.1 Å². The number of carboxylic acids is 1. The molecule has 0 radical (unpaired) electrons. The fourth-order valence-electron chi connectivity index (χ4n) is 1.88. The maximum Gasteiger partial charge on any atom is 0.308 e. The molecule has 0 saturated carbocycles. The molecule has 1 aliphatic heterocycles. The van der Waals surface area contributed by atoms with Gasteiger partial charge in [-0.25, -0.2) is 4.98 Å². The molecule has 4 nitrogen and oxygen atoms in total. The summed E-state index contributed by atoms with van der Waals surface area (Å²) in [6.07, 6.45) is 2.93. The number of thiazole rings is 1. The van der Waals surface area contributed by atoms with Crippen LogP contribution in [0, 0.1) is 0 Å². The summed E-state index contributed by atoms with van der Waals surface area (Å²) in [7, 11) is 2.10. The van der Waals surface area contributed by atoms with E-state index in [0.717, 1.165) is 29.4 Å². The van der Waals surface area contributed by atoms with E-state index < -0.39 is 5.97 Å². The van der Waals surface area contributed by atoms with Gasteiger partial charge in [0, 0.05) is 23.5 Å². The number of nitrogens with zero attached hydrogens (tertiary/aromatic N) is 2. The van der Waals surface area contributed by atoms with Gasteiger partial charge in [-0.05, 0) is 20.0 Å². The molecule has 2 heterocycles. The van der Waals surface area contributed by atoms with Crippen molar-refractivity contribution in [2.45, 2.75) is 18.8 Å². The summed E-state index contributed by atoms with van der Waals surface area (Å²) in [5, 5.41) is 9.75. The van der Waals surface area contributed by atoms with Crippen LogP contribution in [0.1, 0.15) is 22.2 Å². The highest BCUT2D eigenvalue weighted by molar-refractivity contribution is 7.11. The highest BCUT2D eigenvalue weighted by Gasteiger charge is 2.23. The molecule has 1 aromatic heterocycles. The number of aromatic nitrogens is 1. The van der Waals surface area contributed by atoms with Gasteiger partial charge in [0.2, 0.25) is 0 Å². The lowest BCUT2D eigenvalue weighted by atomic mass is 10.1. The van der Waals surface area contributed by atoms with E-state index in [0.29, 0.717) is 5.92 Å². The molecular weight excluding hydrogens is 212 g/mol. The van der Waals surface area contributed by atoms with Crippen LogP contribution in [0.5, 0.6) is 0 Å². The maximum absolute atomic E-state index is 10.5. The Morgan fingerprint density at radius 2 is 2.60 bits per heavy atom. The first-order valence-corrected chi connectivity index (χ1v) is 5.81. The van der Waals surface area contributed by atoms with Crippen molar-refractivity contribution in [3.63, 3.8) is 0 Å². The molecule has 1 unspecified atom stereocenters. The van der Waals surface area contributed by atoms with E-state index in [2.05, 4.69) is 16.9 Å². The maximum atomic E-state index is 10.5. The van der Waals surface area contributed by atoms with Crippen LogP contribution >= 0.6 is 11.3 Å². The van der Waals surface area contributed by atoms with Gasteiger partial charge < -0.3 is 10.0 Å². The third-order valence-electron chi connectivity index (χ3n) is 2.64. The number of carboxylic acid groups (broad SMARTS) is 1. The summed E-state index contributed by atoms with van der Waals surface area (Å²) in [5.74, 6) is -0.281. The van der Waals surface area contributed by atoms with Crippen molar-refractivity contribution in [2.75, 3.05) is 20.1 Å². The molecule has 1 saturated heterocycles. The number of rotatable bonds is 3. The van der Waals surface area contributed by atoms with Crippen LogP contribution in [0.15, 0.2) is 6.20 Å². The molecule has 0 bridgehead atoms. The molecule has 0 aromatic carbocycles. The molecule has 1 atom stereocenters. The number of likely N-dealkylation sites (tertiary alicyclic amines) is 1. The second-order valence-corrected chi connectivity index (χ2v) is 5.13. The highest BCUT2D eigenvalue weighted by Crippen LogP contribution is 2.29. The quantitative estimate of drug-likeness (QED) is 0.841. The van der Waals surface area contributed by atoms with Crippen molar-refractivity contribution in [3.05, 3.63) is 16.1 Å². The van der Waals surface area contributed by atoms with E-state index >= 15 is 0 Å². The van der Waals surface area contributed by atoms with Crippen LogP contribution < -0.4 is 0 Å². The van der Waals surface area contributed by atoms with Crippen LogP contribution in [-0.2, 0) is 11.2 Å². The Kier molecular flexibility index (Phi) is 3.02. The zero-order valence-electron chi connectivity index (χ0n) is 8.64. The summed E-state index contributed by atoms with van der Waals surface area (Å²) < 4.78 is 0. The van der Waals surface area contributed by atoms with Crippen LogP contribution in [0.3, 0.4) is 0 Å². The SMILES string of the molecule is CN1CCC(c2ncc(CC(=O)O)s2)C1. The number of hydrogen-bond acceptors (Lipinski definition) is 4. The third kappa shape index (κ3) is 2.54. The first-order chi connectivity index (χ1) is 7.15. The largest absolute Gasteiger partial charge is 0.481 e. The van der Waals surface area contributed by atoms with Crippen molar-refractivity contribution in [3.8, 4) is 0 Å². The second kappa shape index (κ2) is 4.28. The molecule has 15 heavy (non-hydrogen) atoms. The number of hydrogen-bond donors (Lipinski definition) is 1. The molecule has 1 fully saturated rings. The Bertz CT molecular complexity index is 364. The van der Waals surface area contributed by atoms with Gasteiger partial charge in [-0.1, -0.05) is 0 Å². The molecule has 0 aliphatic carbocycles. The number of carbonyl (C=O) groups is 1. The second-order valence-electron chi connectivity index (χ2n) is 3.98. The van der Waals surface area contributed by atoms with Gasteiger partial charge in [0.1, 0.15) is 0 Å². The Morgan fingerprint density at radius 3 is 3.20 bits per heavy atom. The van der Waals surface area contributed by atoms with Crippen molar-refractivity contribution < 1.29 is 9.90 Å². The normalized spacial score (nSPS) is 22.1. The molecule has 1 aromatic rings. The van der Waals surface area contributed by atoms with E-state index in [1.165, 1.54) is 0 Å². The first kappa shape index (κ1) is 10.6. The predicted octanol–water partition coefficient (Wildman–Crippen LogP) is 1.19. The zero-order valence-corrected chi connectivity index (χ0v) is 9.46. The van der Waals surface area contributed by atoms with Crippen molar-refractivity contribution in [2.24, 2.45) is 0 Å². The molecule has 0 spiro atoms. The first-order valence-electron chi connectivity index (χ1n) is 5.00. The fraction of sp³-hybridized carbons (Fsp3) is 0.600. The van der Waals surface area contributed by atoms with Crippen LogP contribution in [0.2, 0.25) is 0 Å². The summed E-state index contributed by atoms with van der Waals surface area (Å²) in [6, 6.07) is 0. The van der Waals surface area contributed by atoms with Crippen LogP contribution in [0.4, 0.5) is 0 Å². The minimum atomic E-state index is -0.784. The summed E-state index contributed by atoms with van der Waals surface area (Å²) in [6.45, 7) is 2.15. The lowest BCUT2D eigenvalue weighted by molar-refractivity contribution is -0.136. The fourth-order valence-corrected chi connectivity index (χ4v) is 2.91. The standard InChI is InChI=1S/C10H14N2O2S/c1-12-3-2-7(6-12)10-11-5-8(15-10)4-9(13)14/h5,7H,2-4,6H2,1H3,(H,13,14). The van der Waals surface area contributed by atoms with Gasteiger partial charge in [-0.3, -0.25) is 4.79 Å². The van der Waals surface area contributed by atoms with E-state index in [-0.39, 0.29) is 6.42 Å². The van der Waals surface area contributed by atoms with Crippen molar-refractivity contribution in [1.29, 1.82) is 0 Å². The van der Waals surface area contributed by atoms with Crippen LogP contribution in [0.25, 0.3) is 0 Å². The average molecular weight is 226 g/mol. The lowest BCUT2D eigenvalue weighted by Gasteiger charge is -2.06. The van der Waals surface area contributed by atoms with E-state index in [1.54, 1.807) is 17.5 Å². The average Bonchev–Trinajstić information content (AvgIpc) is 2.72. The zero-order chi connectivity index (χ0) is 10.8. The van der Waals surface area contributed by atoms with Gasteiger partial charge in [-0.15, -0.1) is 11.3 Å². The van der Waals surface area contributed by atoms with E-state index in [9.17, 15) is 4.79 Å². The molecular formula is C10H14N2O2S. The molecule has 0 amide bonds. The molecule has 1 N–H and O–H groups in total. The van der Waals surface area contributed by atoms with E-state index in [1.807, 2.05) is 0 Å². The highest BCUT2D eigenvalue weighted by atomic mass is 32.1. The Labute approximate surface area is 92.6 Å². The minimum Gasteiger partial charge on any atom is -0.481 e. The smallest absolute Gasteiger partial charge is 0.308 e. The Morgan fingerprint density at radius 1 is 1.80 bits per heavy atom.